The van der Waals surface area contributed by atoms with E-state index in [2.05, 4.69) is 24.5 Å². The molecule has 0 saturated heterocycles. The molecule has 0 saturated carbocycles. The number of anilines is 1. The van der Waals surface area contributed by atoms with Crippen molar-refractivity contribution < 1.29 is 14.3 Å². The van der Waals surface area contributed by atoms with Crippen molar-refractivity contribution in [2.45, 2.75) is 47.0 Å². The summed E-state index contributed by atoms with van der Waals surface area (Å²) < 4.78 is 5.22. The van der Waals surface area contributed by atoms with Crippen molar-refractivity contribution in [3.05, 3.63) is 59.2 Å². The summed E-state index contributed by atoms with van der Waals surface area (Å²) in [6, 6.07) is 13.7. The standard InChI is InChI=1S/C24H32N2O3/c1-16(2)20-12-7-9-17(3)21(20)26-23(28)24(4,5)22(27)25-14-13-18-10-8-11-19(15-18)29-6/h7-12,15-16H,13-14H2,1-6H3,(H,25,27)(H,26,28). The molecule has 2 amide bonds. The summed E-state index contributed by atoms with van der Waals surface area (Å²) in [6.45, 7) is 9.88. The second kappa shape index (κ2) is 9.59. The molecular weight excluding hydrogens is 364 g/mol. The van der Waals surface area contributed by atoms with Gasteiger partial charge in [0.2, 0.25) is 11.8 Å². The molecule has 0 radical (unpaired) electrons. The fraction of sp³-hybridized carbons (Fsp3) is 0.417. The van der Waals surface area contributed by atoms with Crippen LogP contribution in [0.1, 0.15) is 50.3 Å². The maximum atomic E-state index is 12.9. The maximum Gasteiger partial charge on any atom is 0.239 e. The first-order chi connectivity index (χ1) is 13.7. The summed E-state index contributed by atoms with van der Waals surface area (Å²) in [7, 11) is 1.63. The molecule has 5 heteroatoms. The van der Waals surface area contributed by atoms with E-state index in [4.69, 9.17) is 4.74 Å². The molecule has 0 aliphatic carbocycles. The zero-order valence-electron chi connectivity index (χ0n) is 18.3. The van der Waals surface area contributed by atoms with Crippen LogP contribution in [0.4, 0.5) is 5.69 Å². The van der Waals surface area contributed by atoms with Gasteiger partial charge in [-0.15, -0.1) is 0 Å². The van der Waals surface area contributed by atoms with Gasteiger partial charge in [-0.1, -0.05) is 44.2 Å². The zero-order valence-corrected chi connectivity index (χ0v) is 18.3. The molecule has 5 nitrogen and oxygen atoms in total. The molecule has 29 heavy (non-hydrogen) atoms. The Kier molecular flexibility index (Phi) is 7.43. The van der Waals surface area contributed by atoms with Gasteiger partial charge in [-0.05, 0) is 61.9 Å². The molecule has 0 atom stereocenters. The van der Waals surface area contributed by atoms with Crippen molar-refractivity contribution in [2.75, 3.05) is 19.0 Å². The van der Waals surface area contributed by atoms with E-state index in [1.54, 1.807) is 21.0 Å². The van der Waals surface area contributed by atoms with Gasteiger partial charge in [-0.2, -0.15) is 0 Å². The van der Waals surface area contributed by atoms with Gasteiger partial charge in [0, 0.05) is 12.2 Å². The Bertz CT molecular complexity index is 872. The minimum atomic E-state index is -1.19. The van der Waals surface area contributed by atoms with E-state index >= 15 is 0 Å². The number of rotatable bonds is 8. The predicted molar refractivity (Wildman–Crippen MR) is 117 cm³/mol. The fourth-order valence-corrected chi connectivity index (χ4v) is 3.08. The number of ether oxygens (including phenoxy) is 1. The van der Waals surface area contributed by atoms with Crippen LogP contribution in [0.15, 0.2) is 42.5 Å². The first-order valence-corrected chi connectivity index (χ1v) is 9.99. The summed E-state index contributed by atoms with van der Waals surface area (Å²) in [4.78, 5) is 25.6. The van der Waals surface area contributed by atoms with E-state index < -0.39 is 5.41 Å². The van der Waals surface area contributed by atoms with E-state index in [1.807, 2.05) is 49.4 Å². The molecular formula is C24H32N2O3. The average Bonchev–Trinajstić information content (AvgIpc) is 2.69. The largest absolute Gasteiger partial charge is 0.497 e. The zero-order chi connectivity index (χ0) is 21.6. The van der Waals surface area contributed by atoms with Gasteiger partial charge in [-0.3, -0.25) is 9.59 Å². The third kappa shape index (κ3) is 5.59. The Morgan fingerprint density at radius 1 is 1.07 bits per heavy atom. The average molecular weight is 397 g/mol. The van der Waals surface area contributed by atoms with E-state index in [-0.39, 0.29) is 17.7 Å². The Hall–Kier alpha value is -2.82. The van der Waals surface area contributed by atoms with Crippen molar-refractivity contribution in [3.8, 4) is 5.75 Å². The Morgan fingerprint density at radius 3 is 2.41 bits per heavy atom. The second-order valence-electron chi connectivity index (χ2n) is 8.13. The number of amides is 2. The topological polar surface area (TPSA) is 67.4 Å². The highest BCUT2D eigenvalue weighted by Crippen LogP contribution is 2.29. The quantitative estimate of drug-likeness (QED) is 0.648. The van der Waals surface area contributed by atoms with Gasteiger partial charge in [0.25, 0.3) is 0 Å². The Morgan fingerprint density at radius 2 is 1.76 bits per heavy atom. The van der Waals surface area contributed by atoms with Crippen molar-refractivity contribution >= 4 is 17.5 Å². The number of benzene rings is 2. The number of aryl methyl sites for hydroxylation is 1. The van der Waals surface area contributed by atoms with Crippen molar-refractivity contribution in [3.63, 3.8) is 0 Å². The molecule has 2 aromatic carbocycles. The van der Waals surface area contributed by atoms with Crippen LogP contribution in [-0.4, -0.2) is 25.5 Å². The smallest absolute Gasteiger partial charge is 0.239 e. The van der Waals surface area contributed by atoms with E-state index in [9.17, 15) is 9.59 Å². The molecule has 2 N–H and O–H groups in total. The SMILES string of the molecule is COc1cccc(CCNC(=O)C(C)(C)C(=O)Nc2c(C)cccc2C(C)C)c1. The molecule has 0 heterocycles. The maximum absolute atomic E-state index is 12.9. The van der Waals surface area contributed by atoms with Crippen LogP contribution < -0.4 is 15.4 Å². The molecule has 0 fully saturated rings. The predicted octanol–water partition coefficient (Wildman–Crippen LogP) is 4.45. The first kappa shape index (κ1) is 22.5. The Balaban J connectivity index is 2.02. The molecule has 0 spiro atoms. The number of para-hydroxylation sites is 1. The third-order valence-corrected chi connectivity index (χ3v) is 5.13. The number of hydrogen-bond acceptors (Lipinski definition) is 3. The second-order valence-corrected chi connectivity index (χ2v) is 8.13. The van der Waals surface area contributed by atoms with E-state index in [1.165, 1.54) is 0 Å². The fourth-order valence-electron chi connectivity index (χ4n) is 3.08. The molecule has 156 valence electrons. The number of methoxy groups -OCH3 is 1. The number of hydrogen-bond donors (Lipinski definition) is 2. The molecule has 2 rings (SSSR count). The van der Waals surface area contributed by atoms with Crippen molar-refractivity contribution in [2.24, 2.45) is 5.41 Å². The van der Waals surface area contributed by atoms with Crippen LogP contribution in [0.3, 0.4) is 0 Å². The van der Waals surface area contributed by atoms with Crippen LogP contribution in [0.25, 0.3) is 0 Å². The van der Waals surface area contributed by atoms with Gasteiger partial charge in [0.05, 0.1) is 7.11 Å². The summed E-state index contributed by atoms with van der Waals surface area (Å²) in [5.74, 6) is 0.447. The van der Waals surface area contributed by atoms with Gasteiger partial charge >= 0.3 is 0 Å². The highest BCUT2D eigenvalue weighted by atomic mass is 16.5. The molecule has 0 unspecified atom stereocenters. The van der Waals surface area contributed by atoms with Gasteiger partial charge in [-0.25, -0.2) is 0 Å². The van der Waals surface area contributed by atoms with Gasteiger partial charge in [0.15, 0.2) is 0 Å². The minimum absolute atomic E-state index is 0.269. The van der Waals surface area contributed by atoms with Crippen molar-refractivity contribution in [1.29, 1.82) is 0 Å². The van der Waals surface area contributed by atoms with Crippen LogP contribution in [0, 0.1) is 12.3 Å². The number of carbonyl (C=O) groups excluding carboxylic acids is 2. The summed E-state index contributed by atoms with van der Waals surface area (Å²) in [5, 5.41) is 5.88. The molecule has 0 aromatic heterocycles. The minimum Gasteiger partial charge on any atom is -0.497 e. The van der Waals surface area contributed by atoms with Crippen LogP contribution in [0.5, 0.6) is 5.75 Å². The number of carbonyl (C=O) groups is 2. The highest BCUT2D eigenvalue weighted by Gasteiger charge is 2.36. The van der Waals surface area contributed by atoms with Crippen LogP contribution >= 0.6 is 0 Å². The lowest BCUT2D eigenvalue weighted by Gasteiger charge is -2.25. The van der Waals surface area contributed by atoms with E-state index in [0.717, 1.165) is 28.1 Å². The van der Waals surface area contributed by atoms with E-state index in [0.29, 0.717) is 13.0 Å². The van der Waals surface area contributed by atoms with Crippen molar-refractivity contribution in [1.82, 2.24) is 5.32 Å². The summed E-state index contributed by atoms with van der Waals surface area (Å²) in [6.07, 6.45) is 0.663. The molecule has 0 aliphatic heterocycles. The summed E-state index contributed by atoms with van der Waals surface area (Å²) in [5.41, 5.74) is 2.72. The molecule has 2 aromatic rings. The first-order valence-electron chi connectivity index (χ1n) is 9.99. The summed E-state index contributed by atoms with van der Waals surface area (Å²) >= 11 is 0. The molecule has 0 aliphatic rings. The lowest BCUT2D eigenvalue weighted by Crippen LogP contribution is -2.45. The van der Waals surface area contributed by atoms with Crippen LogP contribution in [-0.2, 0) is 16.0 Å². The van der Waals surface area contributed by atoms with Gasteiger partial charge in [0.1, 0.15) is 11.2 Å². The lowest BCUT2D eigenvalue weighted by molar-refractivity contribution is -0.138. The van der Waals surface area contributed by atoms with Crippen LogP contribution in [0.2, 0.25) is 0 Å². The highest BCUT2D eigenvalue weighted by molar-refractivity contribution is 6.10. The lowest BCUT2D eigenvalue weighted by atomic mass is 9.90. The Labute approximate surface area is 173 Å². The van der Waals surface area contributed by atoms with Gasteiger partial charge < -0.3 is 15.4 Å². The number of nitrogens with one attached hydrogen (secondary N) is 2. The monoisotopic (exact) mass is 396 g/mol. The molecule has 0 bridgehead atoms. The normalized spacial score (nSPS) is 11.3. The third-order valence-electron chi connectivity index (χ3n) is 5.13.